The summed E-state index contributed by atoms with van der Waals surface area (Å²) in [6.07, 6.45) is 4.25. The van der Waals surface area contributed by atoms with Crippen molar-refractivity contribution in [3.8, 4) is 0 Å². The lowest BCUT2D eigenvalue weighted by molar-refractivity contribution is -0.138. The first kappa shape index (κ1) is 19.0. The lowest BCUT2D eigenvalue weighted by Gasteiger charge is -2.12. The third-order valence-electron chi connectivity index (χ3n) is 4.54. The van der Waals surface area contributed by atoms with Crippen LogP contribution in [0.5, 0.6) is 0 Å². The van der Waals surface area contributed by atoms with E-state index in [4.69, 9.17) is 5.11 Å². The van der Waals surface area contributed by atoms with Crippen LogP contribution in [0.3, 0.4) is 0 Å². The fourth-order valence-corrected chi connectivity index (χ4v) is 3.03. The normalized spacial score (nSPS) is 15.6. The highest BCUT2D eigenvalue weighted by molar-refractivity contribution is 5.94. The summed E-state index contributed by atoms with van der Waals surface area (Å²) >= 11 is 0. The van der Waals surface area contributed by atoms with Gasteiger partial charge in [-0.25, -0.2) is 0 Å². The number of aliphatic carboxylic acids is 1. The zero-order valence-electron chi connectivity index (χ0n) is 14.6. The molecule has 6 nitrogen and oxygen atoms in total. The van der Waals surface area contributed by atoms with Crippen LogP contribution >= 0.6 is 0 Å². The van der Waals surface area contributed by atoms with Crippen molar-refractivity contribution in [2.24, 2.45) is 11.8 Å². The van der Waals surface area contributed by atoms with Gasteiger partial charge in [0, 0.05) is 31.0 Å². The highest BCUT2D eigenvalue weighted by Gasteiger charge is 2.22. The summed E-state index contributed by atoms with van der Waals surface area (Å²) in [5.41, 5.74) is 1.47. The highest BCUT2D eigenvalue weighted by atomic mass is 16.4. The molecule has 1 atom stereocenters. The summed E-state index contributed by atoms with van der Waals surface area (Å²) in [6, 6.07) is 7.08. The smallest absolute Gasteiger partial charge is 0.303 e. The maximum Gasteiger partial charge on any atom is 0.303 e. The van der Waals surface area contributed by atoms with E-state index in [0.717, 1.165) is 31.2 Å². The second kappa shape index (κ2) is 9.20. The zero-order valence-corrected chi connectivity index (χ0v) is 14.6. The van der Waals surface area contributed by atoms with Crippen LogP contribution in [-0.4, -0.2) is 29.4 Å². The van der Waals surface area contributed by atoms with E-state index in [1.807, 2.05) is 12.1 Å². The van der Waals surface area contributed by atoms with Crippen LogP contribution in [0.4, 0.5) is 0 Å². The number of benzene rings is 1. The Kier molecular flexibility index (Phi) is 6.98. The first-order valence-corrected chi connectivity index (χ1v) is 8.82. The van der Waals surface area contributed by atoms with Crippen molar-refractivity contribution in [3.63, 3.8) is 0 Å². The van der Waals surface area contributed by atoms with Crippen LogP contribution in [0.1, 0.15) is 54.9 Å². The lowest BCUT2D eigenvalue weighted by atomic mass is 10.1. The molecule has 1 fully saturated rings. The molecule has 0 heterocycles. The largest absolute Gasteiger partial charge is 0.481 e. The van der Waals surface area contributed by atoms with Crippen LogP contribution in [0, 0.1) is 11.8 Å². The number of carboxylic acid groups (broad SMARTS) is 1. The predicted octanol–water partition coefficient (Wildman–Crippen LogP) is 2.33. The monoisotopic (exact) mass is 346 g/mol. The standard InChI is InChI=1S/C19H26N2O4/c1-13(10-17(22)23)11-20-19(25)16-8-6-14(7-9-16)12-21-18(24)15-4-2-3-5-15/h6-9,13,15H,2-5,10-12H2,1H3,(H,20,25)(H,21,24)(H,22,23). The van der Waals surface area contributed by atoms with E-state index < -0.39 is 5.97 Å². The molecule has 136 valence electrons. The zero-order chi connectivity index (χ0) is 18.2. The number of amides is 2. The minimum atomic E-state index is -0.870. The second-order valence-corrected chi connectivity index (χ2v) is 6.81. The van der Waals surface area contributed by atoms with Gasteiger partial charge in [0.25, 0.3) is 5.91 Å². The molecule has 2 amide bonds. The Morgan fingerprint density at radius 1 is 1.12 bits per heavy atom. The number of carboxylic acids is 1. The van der Waals surface area contributed by atoms with Crippen molar-refractivity contribution in [1.29, 1.82) is 0 Å². The van der Waals surface area contributed by atoms with Crippen LogP contribution < -0.4 is 10.6 Å². The minimum Gasteiger partial charge on any atom is -0.481 e. The van der Waals surface area contributed by atoms with E-state index in [1.165, 1.54) is 0 Å². The Morgan fingerprint density at radius 3 is 2.36 bits per heavy atom. The molecule has 1 aromatic carbocycles. The Morgan fingerprint density at radius 2 is 1.76 bits per heavy atom. The average molecular weight is 346 g/mol. The van der Waals surface area contributed by atoms with Gasteiger partial charge in [0.15, 0.2) is 0 Å². The molecule has 0 aromatic heterocycles. The summed E-state index contributed by atoms with van der Waals surface area (Å²) in [4.78, 5) is 34.7. The SMILES string of the molecule is CC(CNC(=O)c1ccc(CNC(=O)C2CCCC2)cc1)CC(=O)O. The number of carbonyl (C=O) groups excluding carboxylic acids is 2. The average Bonchev–Trinajstić information content (AvgIpc) is 3.12. The molecule has 2 rings (SSSR count). The Labute approximate surface area is 148 Å². The first-order chi connectivity index (χ1) is 12.0. The molecule has 1 unspecified atom stereocenters. The second-order valence-electron chi connectivity index (χ2n) is 6.81. The van der Waals surface area contributed by atoms with Gasteiger partial charge < -0.3 is 15.7 Å². The summed E-state index contributed by atoms with van der Waals surface area (Å²) in [5.74, 6) is -0.944. The summed E-state index contributed by atoms with van der Waals surface area (Å²) < 4.78 is 0. The van der Waals surface area contributed by atoms with Crippen molar-refractivity contribution in [1.82, 2.24) is 10.6 Å². The molecule has 1 aliphatic carbocycles. The van der Waals surface area contributed by atoms with Crippen LogP contribution in [0.15, 0.2) is 24.3 Å². The molecule has 0 aliphatic heterocycles. The quantitative estimate of drug-likeness (QED) is 0.673. The maximum absolute atomic E-state index is 12.1. The van der Waals surface area contributed by atoms with Crippen molar-refractivity contribution in [3.05, 3.63) is 35.4 Å². The molecule has 1 aromatic rings. The van der Waals surface area contributed by atoms with Gasteiger partial charge in [-0.3, -0.25) is 14.4 Å². The fraction of sp³-hybridized carbons (Fsp3) is 0.526. The van der Waals surface area contributed by atoms with Gasteiger partial charge in [-0.2, -0.15) is 0 Å². The molecule has 1 saturated carbocycles. The Bertz CT molecular complexity index is 606. The van der Waals surface area contributed by atoms with Crippen molar-refractivity contribution in [2.45, 2.75) is 45.6 Å². The number of carbonyl (C=O) groups is 3. The van der Waals surface area contributed by atoms with E-state index >= 15 is 0 Å². The van der Waals surface area contributed by atoms with Gasteiger partial charge in [0.2, 0.25) is 5.91 Å². The van der Waals surface area contributed by atoms with Gasteiger partial charge in [-0.05, 0) is 36.5 Å². The topological polar surface area (TPSA) is 95.5 Å². The van der Waals surface area contributed by atoms with Crippen LogP contribution in [0.25, 0.3) is 0 Å². The van der Waals surface area contributed by atoms with E-state index in [-0.39, 0.29) is 30.1 Å². The van der Waals surface area contributed by atoms with E-state index in [0.29, 0.717) is 18.7 Å². The van der Waals surface area contributed by atoms with Crippen molar-refractivity contribution < 1.29 is 19.5 Å². The molecule has 25 heavy (non-hydrogen) atoms. The first-order valence-electron chi connectivity index (χ1n) is 8.82. The Hall–Kier alpha value is -2.37. The molecular weight excluding hydrogens is 320 g/mol. The molecule has 6 heteroatoms. The molecular formula is C19H26N2O4. The number of hydrogen-bond donors (Lipinski definition) is 3. The molecule has 0 saturated heterocycles. The van der Waals surface area contributed by atoms with E-state index in [1.54, 1.807) is 19.1 Å². The number of rotatable bonds is 8. The van der Waals surface area contributed by atoms with Gasteiger partial charge in [-0.1, -0.05) is 31.9 Å². The number of nitrogens with one attached hydrogen (secondary N) is 2. The fourth-order valence-electron chi connectivity index (χ4n) is 3.03. The van der Waals surface area contributed by atoms with Crippen LogP contribution in [0.2, 0.25) is 0 Å². The van der Waals surface area contributed by atoms with Crippen molar-refractivity contribution in [2.75, 3.05) is 6.54 Å². The van der Waals surface area contributed by atoms with Gasteiger partial charge in [-0.15, -0.1) is 0 Å². The molecule has 0 bridgehead atoms. The molecule has 3 N–H and O–H groups in total. The number of hydrogen-bond acceptors (Lipinski definition) is 3. The Balaban J connectivity index is 1.77. The maximum atomic E-state index is 12.1. The van der Waals surface area contributed by atoms with Gasteiger partial charge in [0.05, 0.1) is 0 Å². The van der Waals surface area contributed by atoms with E-state index in [9.17, 15) is 14.4 Å². The summed E-state index contributed by atoms with van der Waals surface area (Å²) in [7, 11) is 0. The van der Waals surface area contributed by atoms with Gasteiger partial charge >= 0.3 is 5.97 Å². The predicted molar refractivity (Wildman–Crippen MR) is 94.0 cm³/mol. The third kappa shape index (κ3) is 6.21. The molecule has 0 spiro atoms. The molecule has 1 aliphatic rings. The third-order valence-corrected chi connectivity index (χ3v) is 4.54. The molecule has 0 radical (unpaired) electrons. The summed E-state index contributed by atoms with van der Waals surface area (Å²) in [6.45, 7) is 2.57. The lowest BCUT2D eigenvalue weighted by Crippen LogP contribution is -2.29. The highest BCUT2D eigenvalue weighted by Crippen LogP contribution is 2.24. The van der Waals surface area contributed by atoms with Crippen molar-refractivity contribution >= 4 is 17.8 Å². The minimum absolute atomic E-state index is 0.0277. The van der Waals surface area contributed by atoms with E-state index in [2.05, 4.69) is 10.6 Å². The van der Waals surface area contributed by atoms with Crippen LogP contribution in [-0.2, 0) is 16.1 Å². The summed E-state index contributed by atoms with van der Waals surface area (Å²) in [5, 5.41) is 14.4. The van der Waals surface area contributed by atoms with Gasteiger partial charge in [0.1, 0.15) is 0 Å².